The van der Waals surface area contributed by atoms with Gasteiger partial charge >= 0.3 is 0 Å². The number of anilines is 1. The smallest absolute Gasteiger partial charge is 0.299 e. The Bertz CT molecular complexity index is 504. The lowest BCUT2D eigenvalue weighted by Crippen LogP contribution is -2.05. The Hall–Kier alpha value is -2.51. The molecule has 0 aromatic heterocycles. The molecule has 0 amide bonds. The van der Waals surface area contributed by atoms with Gasteiger partial charge in [0, 0.05) is 19.0 Å². The molecular weight excluding hydrogens is 266 g/mol. The highest BCUT2D eigenvalue weighted by Gasteiger charge is 2.18. The number of carbonyl (C=O) groups excluding carboxylic acids is 1. The normalized spacial score (nSPS) is 10.0. The third-order valence-corrected chi connectivity index (χ3v) is 2.66. The first-order valence-corrected chi connectivity index (χ1v) is 6.08. The van der Waals surface area contributed by atoms with Crippen molar-refractivity contribution in [2.45, 2.75) is 25.7 Å². The maximum absolute atomic E-state index is 10.9. The fourth-order valence-corrected chi connectivity index (χ4v) is 1.66. The summed E-state index contributed by atoms with van der Waals surface area (Å²) in [7, 11) is 0. The zero-order chi connectivity index (χ0) is 15.0. The standard InChI is InChI=1S/C12H14N3O5/c16-8-4-2-1-3-7-13-11-6-5-10(14(17)18)9-12(11)15(19)20/h5-6,9,13H,1-4,7H2. The van der Waals surface area contributed by atoms with Crippen molar-refractivity contribution in [1.29, 1.82) is 0 Å². The Morgan fingerprint density at radius 2 is 1.85 bits per heavy atom. The van der Waals surface area contributed by atoms with E-state index in [2.05, 4.69) is 5.32 Å². The molecule has 1 radical (unpaired) electrons. The Balaban J connectivity index is 2.62. The molecule has 0 saturated heterocycles. The van der Waals surface area contributed by atoms with E-state index in [1.54, 1.807) is 6.29 Å². The number of nitrogens with one attached hydrogen (secondary N) is 1. The van der Waals surface area contributed by atoms with E-state index in [1.807, 2.05) is 0 Å². The molecule has 1 rings (SSSR count). The number of nitrogens with zero attached hydrogens (tertiary/aromatic N) is 2. The molecule has 0 bridgehead atoms. The van der Waals surface area contributed by atoms with Gasteiger partial charge in [0.15, 0.2) is 6.29 Å². The van der Waals surface area contributed by atoms with Crippen LogP contribution in [0, 0.1) is 20.2 Å². The molecule has 0 fully saturated rings. The van der Waals surface area contributed by atoms with Crippen molar-refractivity contribution in [1.82, 2.24) is 0 Å². The van der Waals surface area contributed by atoms with E-state index in [9.17, 15) is 25.0 Å². The summed E-state index contributed by atoms with van der Waals surface area (Å²) in [5.74, 6) is 0. The maximum Gasteiger partial charge on any atom is 0.299 e. The number of nitro benzene ring substituents is 2. The summed E-state index contributed by atoms with van der Waals surface area (Å²) in [4.78, 5) is 30.1. The van der Waals surface area contributed by atoms with Gasteiger partial charge in [-0.05, 0) is 18.9 Å². The van der Waals surface area contributed by atoms with Crippen LogP contribution in [0.1, 0.15) is 25.7 Å². The minimum absolute atomic E-state index is 0.252. The van der Waals surface area contributed by atoms with E-state index in [1.165, 1.54) is 12.1 Å². The second-order valence-corrected chi connectivity index (χ2v) is 4.10. The van der Waals surface area contributed by atoms with Crippen LogP contribution in [0.5, 0.6) is 0 Å². The Kier molecular flexibility index (Phi) is 6.08. The van der Waals surface area contributed by atoms with Gasteiger partial charge in [0.25, 0.3) is 11.4 Å². The fraction of sp³-hybridized carbons (Fsp3) is 0.417. The highest BCUT2D eigenvalue weighted by atomic mass is 16.6. The molecule has 0 spiro atoms. The van der Waals surface area contributed by atoms with Crippen molar-refractivity contribution < 1.29 is 14.6 Å². The molecule has 0 unspecified atom stereocenters. The Morgan fingerprint density at radius 1 is 1.10 bits per heavy atom. The number of hydrogen-bond donors (Lipinski definition) is 1. The first kappa shape index (κ1) is 15.5. The average molecular weight is 280 g/mol. The number of rotatable bonds is 9. The van der Waals surface area contributed by atoms with E-state index in [0.717, 1.165) is 25.3 Å². The molecule has 8 nitrogen and oxygen atoms in total. The van der Waals surface area contributed by atoms with Gasteiger partial charge in [-0.1, -0.05) is 6.42 Å². The van der Waals surface area contributed by atoms with Crippen molar-refractivity contribution in [2.24, 2.45) is 0 Å². The third kappa shape index (κ3) is 4.63. The maximum atomic E-state index is 10.9. The van der Waals surface area contributed by atoms with Gasteiger partial charge < -0.3 is 5.32 Å². The highest BCUT2D eigenvalue weighted by Crippen LogP contribution is 2.28. The lowest BCUT2D eigenvalue weighted by atomic mass is 10.2. The molecule has 0 heterocycles. The van der Waals surface area contributed by atoms with Crippen LogP contribution in [0.15, 0.2) is 18.2 Å². The lowest BCUT2D eigenvalue weighted by molar-refractivity contribution is -0.393. The van der Waals surface area contributed by atoms with Gasteiger partial charge in [-0.2, -0.15) is 0 Å². The Morgan fingerprint density at radius 3 is 2.45 bits per heavy atom. The third-order valence-electron chi connectivity index (χ3n) is 2.66. The topological polar surface area (TPSA) is 115 Å². The molecule has 1 aromatic rings. The van der Waals surface area contributed by atoms with Crippen molar-refractivity contribution in [2.75, 3.05) is 11.9 Å². The molecule has 20 heavy (non-hydrogen) atoms. The second kappa shape index (κ2) is 7.82. The molecule has 0 aliphatic rings. The van der Waals surface area contributed by atoms with Crippen molar-refractivity contribution in [3.63, 3.8) is 0 Å². The summed E-state index contributed by atoms with van der Waals surface area (Å²) in [5.41, 5.74) is -0.383. The number of benzene rings is 1. The summed E-state index contributed by atoms with van der Waals surface area (Å²) in [6.45, 7) is 0.498. The van der Waals surface area contributed by atoms with Crippen LogP contribution in [-0.4, -0.2) is 22.7 Å². The van der Waals surface area contributed by atoms with Gasteiger partial charge in [-0.15, -0.1) is 0 Å². The SMILES string of the molecule is O=[C]CCCCCNc1ccc([N+](=O)[O-])cc1[N+](=O)[O-]. The zero-order valence-electron chi connectivity index (χ0n) is 10.7. The molecular formula is C12H14N3O5. The van der Waals surface area contributed by atoms with Crippen molar-refractivity contribution in [3.8, 4) is 0 Å². The predicted molar refractivity (Wildman–Crippen MR) is 72.4 cm³/mol. The first-order chi connectivity index (χ1) is 9.56. The van der Waals surface area contributed by atoms with Crippen LogP contribution < -0.4 is 5.32 Å². The van der Waals surface area contributed by atoms with Gasteiger partial charge in [-0.3, -0.25) is 25.0 Å². The van der Waals surface area contributed by atoms with Crippen molar-refractivity contribution in [3.05, 3.63) is 38.4 Å². The average Bonchev–Trinajstić information content (AvgIpc) is 2.42. The Labute approximate surface area is 115 Å². The minimum atomic E-state index is -0.674. The van der Waals surface area contributed by atoms with E-state index in [-0.39, 0.29) is 17.1 Å². The number of unbranched alkanes of at least 4 members (excludes halogenated alkanes) is 3. The quantitative estimate of drug-likeness (QED) is 0.422. The zero-order valence-corrected chi connectivity index (χ0v) is 10.7. The number of non-ortho nitro benzene ring substituents is 1. The number of hydrogen-bond acceptors (Lipinski definition) is 6. The highest BCUT2D eigenvalue weighted by molar-refractivity contribution is 5.65. The van der Waals surface area contributed by atoms with Crippen molar-refractivity contribution >= 4 is 23.3 Å². The fourth-order valence-electron chi connectivity index (χ4n) is 1.66. The molecule has 1 N–H and O–H groups in total. The van der Waals surface area contributed by atoms with Crippen LogP contribution >= 0.6 is 0 Å². The summed E-state index contributed by atoms with van der Waals surface area (Å²) in [6.07, 6.45) is 4.46. The molecule has 0 atom stereocenters. The molecule has 0 aliphatic heterocycles. The molecule has 8 heteroatoms. The van der Waals surface area contributed by atoms with E-state index in [0.29, 0.717) is 13.0 Å². The van der Waals surface area contributed by atoms with Gasteiger partial charge in [0.2, 0.25) is 0 Å². The van der Waals surface area contributed by atoms with Crippen LogP contribution in [0.4, 0.5) is 17.1 Å². The molecule has 0 aliphatic carbocycles. The van der Waals surface area contributed by atoms with Crippen LogP contribution in [0.3, 0.4) is 0 Å². The van der Waals surface area contributed by atoms with E-state index >= 15 is 0 Å². The molecule has 1 aromatic carbocycles. The van der Waals surface area contributed by atoms with Gasteiger partial charge in [0.05, 0.1) is 15.9 Å². The summed E-state index contributed by atoms with van der Waals surface area (Å²) in [6, 6.07) is 3.48. The van der Waals surface area contributed by atoms with Crippen LogP contribution in [-0.2, 0) is 4.79 Å². The summed E-state index contributed by atoms with van der Waals surface area (Å²) in [5, 5.41) is 24.3. The minimum Gasteiger partial charge on any atom is -0.379 e. The largest absolute Gasteiger partial charge is 0.379 e. The van der Waals surface area contributed by atoms with Gasteiger partial charge in [0.1, 0.15) is 5.69 Å². The first-order valence-electron chi connectivity index (χ1n) is 6.08. The summed E-state index contributed by atoms with van der Waals surface area (Å²) >= 11 is 0. The lowest BCUT2D eigenvalue weighted by Gasteiger charge is -2.06. The number of nitro groups is 2. The van der Waals surface area contributed by atoms with Crippen LogP contribution in [0.25, 0.3) is 0 Å². The molecule has 107 valence electrons. The van der Waals surface area contributed by atoms with Crippen LogP contribution in [0.2, 0.25) is 0 Å². The van der Waals surface area contributed by atoms with E-state index < -0.39 is 9.85 Å². The molecule has 0 saturated carbocycles. The van der Waals surface area contributed by atoms with E-state index in [4.69, 9.17) is 0 Å². The second-order valence-electron chi connectivity index (χ2n) is 4.10. The van der Waals surface area contributed by atoms with Gasteiger partial charge in [-0.25, -0.2) is 0 Å². The predicted octanol–water partition coefficient (Wildman–Crippen LogP) is 2.58. The monoisotopic (exact) mass is 280 g/mol. The summed E-state index contributed by atoms with van der Waals surface area (Å²) < 4.78 is 0.